The Morgan fingerprint density at radius 2 is 2.00 bits per heavy atom. The van der Waals surface area contributed by atoms with Gasteiger partial charge in [0.15, 0.2) is 0 Å². The Labute approximate surface area is 122 Å². The van der Waals surface area contributed by atoms with Crippen molar-refractivity contribution in [1.29, 1.82) is 0 Å². The van der Waals surface area contributed by atoms with Crippen molar-refractivity contribution in [2.45, 2.75) is 52.0 Å². The smallest absolute Gasteiger partial charge is 0.251 e. The van der Waals surface area contributed by atoms with Gasteiger partial charge in [-0.3, -0.25) is 4.79 Å². The highest BCUT2D eigenvalue weighted by molar-refractivity contribution is 5.94. The molecule has 3 rings (SSSR count). The van der Waals surface area contributed by atoms with Crippen LogP contribution in [0.25, 0.3) is 0 Å². The summed E-state index contributed by atoms with van der Waals surface area (Å²) in [7, 11) is 0. The van der Waals surface area contributed by atoms with Gasteiger partial charge in [0.25, 0.3) is 5.91 Å². The maximum Gasteiger partial charge on any atom is 0.251 e. The first-order chi connectivity index (χ1) is 9.67. The second-order valence-electron chi connectivity index (χ2n) is 6.65. The second-order valence-corrected chi connectivity index (χ2v) is 6.65. The average Bonchev–Trinajstić information content (AvgIpc) is 3.10. The number of carbonyl (C=O) groups is 1. The van der Waals surface area contributed by atoms with E-state index >= 15 is 0 Å². The van der Waals surface area contributed by atoms with E-state index in [0.29, 0.717) is 12.0 Å². The van der Waals surface area contributed by atoms with Gasteiger partial charge in [-0.15, -0.1) is 0 Å². The fraction of sp³-hybridized carbons (Fsp3) is 0.611. The van der Waals surface area contributed by atoms with E-state index in [-0.39, 0.29) is 5.91 Å². The fourth-order valence-electron chi connectivity index (χ4n) is 4.20. The van der Waals surface area contributed by atoms with Crippen LogP contribution in [0.3, 0.4) is 0 Å². The molecule has 2 aliphatic rings. The molecule has 1 N–H and O–H groups in total. The van der Waals surface area contributed by atoms with Gasteiger partial charge in [0.1, 0.15) is 0 Å². The zero-order valence-electron chi connectivity index (χ0n) is 12.6. The predicted molar refractivity (Wildman–Crippen MR) is 81.7 cm³/mol. The number of carbonyl (C=O) groups excluding carboxylic acids is 1. The molecule has 0 radical (unpaired) electrons. The van der Waals surface area contributed by atoms with Crippen LogP contribution in [0.1, 0.15) is 55.5 Å². The zero-order valence-corrected chi connectivity index (χ0v) is 12.6. The SMILES string of the molecule is CCc1ccc(C(=O)NC(C)C2CC3CCC2C3)cc1. The molecule has 0 aromatic heterocycles. The molecule has 108 valence electrons. The molecule has 2 saturated carbocycles. The van der Waals surface area contributed by atoms with Crippen LogP contribution in [0.15, 0.2) is 24.3 Å². The molecule has 0 aliphatic heterocycles. The van der Waals surface area contributed by atoms with Crippen molar-refractivity contribution in [2.24, 2.45) is 17.8 Å². The van der Waals surface area contributed by atoms with Crippen molar-refractivity contribution in [3.63, 3.8) is 0 Å². The topological polar surface area (TPSA) is 29.1 Å². The first-order valence-corrected chi connectivity index (χ1v) is 8.07. The number of aryl methyl sites for hydroxylation is 1. The molecule has 2 heteroatoms. The second kappa shape index (κ2) is 5.59. The Balaban J connectivity index is 1.60. The summed E-state index contributed by atoms with van der Waals surface area (Å²) in [5.41, 5.74) is 2.07. The van der Waals surface area contributed by atoms with Crippen molar-refractivity contribution in [1.82, 2.24) is 5.32 Å². The first-order valence-electron chi connectivity index (χ1n) is 8.07. The molecular weight excluding hydrogens is 246 g/mol. The third-order valence-corrected chi connectivity index (χ3v) is 5.42. The lowest BCUT2D eigenvalue weighted by molar-refractivity contribution is 0.0915. The highest BCUT2D eigenvalue weighted by Gasteiger charge is 2.42. The number of nitrogens with one attached hydrogen (secondary N) is 1. The van der Waals surface area contributed by atoms with Crippen LogP contribution >= 0.6 is 0 Å². The summed E-state index contributed by atoms with van der Waals surface area (Å²) < 4.78 is 0. The van der Waals surface area contributed by atoms with E-state index in [2.05, 4.69) is 31.3 Å². The lowest BCUT2D eigenvalue weighted by Crippen LogP contribution is -2.40. The van der Waals surface area contributed by atoms with Crippen molar-refractivity contribution in [3.05, 3.63) is 35.4 Å². The number of benzene rings is 1. The summed E-state index contributed by atoms with van der Waals surface area (Å²) in [5.74, 6) is 2.58. The Bertz CT molecular complexity index is 479. The van der Waals surface area contributed by atoms with Crippen molar-refractivity contribution in [3.8, 4) is 0 Å². The number of rotatable bonds is 4. The number of amides is 1. The maximum absolute atomic E-state index is 12.3. The van der Waals surface area contributed by atoms with E-state index in [9.17, 15) is 4.79 Å². The summed E-state index contributed by atoms with van der Waals surface area (Å²) in [6.45, 7) is 4.32. The van der Waals surface area contributed by atoms with Crippen LogP contribution in [-0.4, -0.2) is 11.9 Å². The molecular formula is C18H25NO. The molecule has 4 atom stereocenters. The van der Waals surface area contributed by atoms with E-state index < -0.39 is 0 Å². The Morgan fingerprint density at radius 3 is 2.55 bits per heavy atom. The van der Waals surface area contributed by atoms with E-state index in [4.69, 9.17) is 0 Å². The molecule has 2 fully saturated rings. The molecule has 0 saturated heterocycles. The molecule has 20 heavy (non-hydrogen) atoms. The Hall–Kier alpha value is -1.31. The molecule has 2 aliphatic carbocycles. The van der Waals surface area contributed by atoms with Crippen molar-refractivity contribution in [2.75, 3.05) is 0 Å². The molecule has 1 aromatic carbocycles. The lowest BCUT2D eigenvalue weighted by Gasteiger charge is -2.28. The highest BCUT2D eigenvalue weighted by atomic mass is 16.1. The van der Waals surface area contributed by atoms with Crippen LogP contribution in [0.4, 0.5) is 0 Å². The number of hydrogen-bond donors (Lipinski definition) is 1. The predicted octanol–water partition coefficient (Wildman–Crippen LogP) is 3.80. The average molecular weight is 271 g/mol. The molecule has 2 bridgehead atoms. The summed E-state index contributed by atoms with van der Waals surface area (Å²) in [5, 5.41) is 3.22. The van der Waals surface area contributed by atoms with Crippen LogP contribution in [0.2, 0.25) is 0 Å². The quantitative estimate of drug-likeness (QED) is 0.886. The Morgan fingerprint density at radius 1 is 1.25 bits per heavy atom. The largest absolute Gasteiger partial charge is 0.349 e. The molecule has 0 spiro atoms. The zero-order chi connectivity index (χ0) is 14.1. The molecule has 4 unspecified atom stereocenters. The van der Waals surface area contributed by atoms with Gasteiger partial charge in [-0.25, -0.2) is 0 Å². The maximum atomic E-state index is 12.3. The Kier molecular flexibility index (Phi) is 3.82. The highest BCUT2D eigenvalue weighted by Crippen LogP contribution is 2.49. The third-order valence-electron chi connectivity index (χ3n) is 5.42. The van der Waals surface area contributed by atoms with Gasteiger partial charge < -0.3 is 5.32 Å². The number of fused-ring (bicyclic) bond motifs is 2. The normalized spacial score (nSPS) is 29.4. The van der Waals surface area contributed by atoms with Crippen LogP contribution in [0, 0.1) is 17.8 Å². The summed E-state index contributed by atoms with van der Waals surface area (Å²) in [6.07, 6.45) is 6.53. The van der Waals surface area contributed by atoms with E-state index in [1.54, 1.807) is 0 Å². The number of hydrogen-bond acceptors (Lipinski definition) is 1. The van der Waals surface area contributed by atoms with Gasteiger partial charge >= 0.3 is 0 Å². The van der Waals surface area contributed by atoms with Crippen molar-refractivity contribution >= 4 is 5.91 Å². The van der Waals surface area contributed by atoms with Crippen LogP contribution in [-0.2, 0) is 6.42 Å². The monoisotopic (exact) mass is 271 g/mol. The van der Waals surface area contributed by atoms with E-state index in [1.807, 2.05) is 12.1 Å². The van der Waals surface area contributed by atoms with Gasteiger partial charge in [-0.05, 0) is 68.1 Å². The minimum Gasteiger partial charge on any atom is -0.349 e. The van der Waals surface area contributed by atoms with Gasteiger partial charge in [0.05, 0.1) is 0 Å². The lowest BCUT2D eigenvalue weighted by atomic mass is 9.84. The third kappa shape index (κ3) is 2.61. The minimum atomic E-state index is 0.0860. The fourth-order valence-corrected chi connectivity index (χ4v) is 4.20. The summed E-state index contributed by atoms with van der Waals surface area (Å²) >= 11 is 0. The molecule has 0 heterocycles. The standard InChI is InChI=1S/C18H25NO/c1-3-13-4-7-15(8-5-13)18(20)19-12(2)17-11-14-6-9-16(17)10-14/h4-5,7-8,12,14,16-17H,3,6,9-11H2,1-2H3,(H,19,20). The van der Waals surface area contributed by atoms with E-state index in [0.717, 1.165) is 23.8 Å². The molecule has 1 aromatic rings. The molecule has 2 nitrogen and oxygen atoms in total. The van der Waals surface area contributed by atoms with Crippen molar-refractivity contribution < 1.29 is 4.79 Å². The van der Waals surface area contributed by atoms with Crippen LogP contribution < -0.4 is 5.32 Å². The van der Waals surface area contributed by atoms with Gasteiger partial charge in [0, 0.05) is 11.6 Å². The van der Waals surface area contributed by atoms with Gasteiger partial charge in [-0.1, -0.05) is 25.5 Å². The molecule has 1 amide bonds. The minimum absolute atomic E-state index is 0.0860. The summed E-state index contributed by atoms with van der Waals surface area (Å²) in [6, 6.07) is 8.31. The van der Waals surface area contributed by atoms with Gasteiger partial charge in [0.2, 0.25) is 0 Å². The van der Waals surface area contributed by atoms with Gasteiger partial charge in [-0.2, -0.15) is 0 Å². The van der Waals surface area contributed by atoms with E-state index in [1.165, 1.54) is 31.2 Å². The van der Waals surface area contributed by atoms with Crippen LogP contribution in [0.5, 0.6) is 0 Å². The summed E-state index contributed by atoms with van der Waals surface area (Å²) in [4.78, 5) is 12.3. The first kappa shape index (κ1) is 13.7.